The zero-order chi connectivity index (χ0) is 12.7. The minimum Gasteiger partial charge on any atom is -0.461 e. The molecule has 4 heteroatoms. The normalized spacial score (nSPS) is 10.5. The lowest BCUT2D eigenvalue weighted by molar-refractivity contribution is 0.0486. The van der Waals surface area contributed by atoms with Crippen molar-refractivity contribution in [3.8, 4) is 0 Å². The molecule has 0 unspecified atom stereocenters. The number of nitrogens with zero attached hydrogens (tertiary/aromatic N) is 1. The summed E-state index contributed by atoms with van der Waals surface area (Å²) in [5.41, 5.74) is 6.69. The molecule has 96 valence electrons. The Bertz CT molecular complexity index is 358. The van der Waals surface area contributed by atoms with Gasteiger partial charge in [0, 0.05) is 13.2 Å². The summed E-state index contributed by atoms with van der Waals surface area (Å²) >= 11 is 0. The predicted octanol–water partition coefficient (Wildman–Crippen LogP) is 2.73. The van der Waals surface area contributed by atoms with Crippen LogP contribution < -0.4 is 5.73 Å². The molecule has 0 saturated heterocycles. The lowest BCUT2D eigenvalue weighted by Crippen LogP contribution is -2.10. The Labute approximate surface area is 103 Å². The number of aromatic nitrogens is 1. The highest BCUT2D eigenvalue weighted by Crippen LogP contribution is 2.10. The Hall–Kier alpha value is -1.45. The smallest absolute Gasteiger partial charge is 0.355 e. The molecule has 0 aliphatic carbocycles. The minimum atomic E-state index is -0.292. The molecule has 0 bridgehead atoms. The van der Waals surface area contributed by atoms with Gasteiger partial charge in [-0.15, -0.1) is 0 Å². The molecule has 17 heavy (non-hydrogen) atoms. The zero-order valence-corrected chi connectivity index (χ0v) is 10.7. The minimum absolute atomic E-state index is 0.292. The van der Waals surface area contributed by atoms with Crippen LogP contribution in [-0.2, 0) is 11.8 Å². The summed E-state index contributed by atoms with van der Waals surface area (Å²) in [5.74, 6) is -0.292. The number of rotatable bonds is 7. The van der Waals surface area contributed by atoms with E-state index < -0.39 is 0 Å². The molecular weight excluding hydrogens is 216 g/mol. The van der Waals surface area contributed by atoms with Crippen LogP contribution in [0.2, 0.25) is 0 Å². The van der Waals surface area contributed by atoms with Crippen molar-refractivity contribution in [1.82, 2.24) is 4.57 Å². The van der Waals surface area contributed by atoms with Crippen LogP contribution in [-0.4, -0.2) is 17.1 Å². The molecule has 0 aliphatic heterocycles. The maximum absolute atomic E-state index is 11.7. The highest BCUT2D eigenvalue weighted by atomic mass is 16.5. The van der Waals surface area contributed by atoms with Crippen molar-refractivity contribution >= 4 is 11.7 Å². The van der Waals surface area contributed by atoms with Gasteiger partial charge in [0.2, 0.25) is 0 Å². The number of hydrogen-bond donors (Lipinski definition) is 1. The van der Waals surface area contributed by atoms with Crippen LogP contribution in [0, 0.1) is 0 Å². The van der Waals surface area contributed by atoms with Crippen LogP contribution in [0.5, 0.6) is 0 Å². The number of hydrogen-bond acceptors (Lipinski definition) is 3. The number of carbonyl (C=O) groups excluding carboxylic acids is 1. The van der Waals surface area contributed by atoms with Crippen LogP contribution >= 0.6 is 0 Å². The van der Waals surface area contributed by atoms with Gasteiger partial charge in [-0.2, -0.15) is 0 Å². The second kappa shape index (κ2) is 6.99. The maximum Gasteiger partial charge on any atom is 0.355 e. The molecule has 0 atom stereocenters. The first-order valence-corrected chi connectivity index (χ1v) is 6.24. The van der Waals surface area contributed by atoms with E-state index in [1.807, 2.05) is 0 Å². The van der Waals surface area contributed by atoms with Crippen LogP contribution in [0.25, 0.3) is 0 Å². The molecule has 4 nitrogen and oxygen atoms in total. The van der Waals surface area contributed by atoms with E-state index in [9.17, 15) is 4.79 Å². The van der Waals surface area contributed by atoms with Crippen LogP contribution in [0.15, 0.2) is 12.3 Å². The topological polar surface area (TPSA) is 57.2 Å². The zero-order valence-electron chi connectivity index (χ0n) is 10.7. The van der Waals surface area contributed by atoms with E-state index in [1.165, 1.54) is 19.3 Å². The van der Waals surface area contributed by atoms with E-state index in [-0.39, 0.29) is 5.97 Å². The third-order valence-corrected chi connectivity index (χ3v) is 2.72. The monoisotopic (exact) mass is 238 g/mol. The highest BCUT2D eigenvalue weighted by Gasteiger charge is 2.11. The van der Waals surface area contributed by atoms with Gasteiger partial charge in [0.1, 0.15) is 5.69 Å². The summed E-state index contributed by atoms with van der Waals surface area (Å²) in [4.78, 5) is 11.7. The summed E-state index contributed by atoms with van der Waals surface area (Å²) in [5, 5.41) is 0. The number of carbonyl (C=O) groups is 1. The van der Waals surface area contributed by atoms with Crippen molar-refractivity contribution in [2.45, 2.75) is 39.0 Å². The van der Waals surface area contributed by atoms with E-state index in [1.54, 1.807) is 23.9 Å². The second-order valence-electron chi connectivity index (χ2n) is 4.32. The summed E-state index contributed by atoms with van der Waals surface area (Å²) in [6, 6.07) is 1.64. The molecule has 0 aromatic carbocycles. The van der Waals surface area contributed by atoms with Crippen molar-refractivity contribution in [1.29, 1.82) is 0 Å². The molecule has 0 fully saturated rings. The Morgan fingerprint density at radius 1 is 1.35 bits per heavy atom. The van der Waals surface area contributed by atoms with Crippen LogP contribution in [0.1, 0.15) is 49.5 Å². The fraction of sp³-hybridized carbons (Fsp3) is 0.615. The van der Waals surface area contributed by atoms with Gasteiger partial charge in [0.15, 0.2) is 0 Å². The Morgan fingerprint density at radius 2 is 2.06 bits per heavy atom. The predicted molar refractivity (Wildman–Crippen MR) is 68.9 cm³/mol. The van der Waals surface area contributed by atoms with Gasteiger partial charge < -0.3 is 15.0 Å². The van der Waals surface area contributed by atoms with E-state index in [0.29, 0.717) is 18.0 Å². The highest BCUT2D eigenvalue weighted by molar-refractivity contribution is 5.89. The van der Waals surface area contributed by atoms with E-state index in [2.05, 4.69) is 6.92 Å². The summed E-state index contributed by atoms with van der Waals surface area (Å²) < 4.78 is 6.88. The number of nitrogens with two attached hydrogens (primary N) is 1. The molecule has 1 aromatic rings. The van der Waals surface area contributed by atoms with Gasteiger partial charge in [-0.3, -0.25) is 0 Å². The van der Waals surface area contributed by atoms with Crippen molar-refractivity contribution in [3.63, 3.8) is 0 Å². The van der Waals surface area contributed by atoms with Gasteiger partial charge in [-0.05, 0) is 12.5 Å². The van der Waals surface area contributed by atoms with Gasteiger partial charge in [-0.25, -0.2) is 4.79 Å². The van der Waals surface area contributed by atoms with Crippen molar-refractivity contribution < 1.29 is 9.53 Å². The Kier molecular flexibility index (Phi) is 5.60. The third kappa shape index (κ3) is 4.51. The Morgan fingerprint density at radius 3 is 2.65 bits per heavy atom. The number of ether oxygens (including phenoxy) is 1. The molecule has 1 heterocycles. The summed E-state index contributed by atoms with van der Waals surface area (Å²) in [6.45, 7) is 2.67. The van der Waals surface area contributed by atoms with E-state index in [4.69, 9.17) is 10.5 Å². The molecule has 0 amide bonds. The molecule has 1 aromatic heterocycles. The molecular formula is C13H22N2O2. The molecule has 2 N–H and O–H groups in total. The molecule has 0 radical (unpaired) electrons. The first-order chi connectivity index (χ1) is 8.15. The number of esters is 1. The molecule has 0 spiro atoms. The largest absolute Gasteiger partial charge is 0.461 e. The third-order valence-electron chi connectivity index (χ3n) is 2.72. The van der Waals surface area contributed by atoms with Gasteiger partial charge >= 0.3 is 5.97 Å². The molecule has 1 rings (SSSR count). The van der Waals surface area contributed by atoms with Gasteiger partial charge in [-0.1, -0.05) is 32.6 Å². The first-order valence-electron chi connectivity index (χ1n) is 6.24. The maximum atomic E-state index is 11.7. The molecule has 0 aliphatic rings. The fourth-order valence-corrected chi connectivity index (χ4v) is 1.74. The second-order valence-corrected chi connectivity index (χ2v) is 4.32. The first kappa shape index (κ1) is 13.6. The van der Waals surface area contributed by atoms with Crippen LogP contribution in [0.4, 0.5) is 5.69 Å². The van der Waals surface area contributed by atoms with Crippen LogP contribution in [0.3, 0.4) is 0 Å². The SMILES string of the molecule is CCCCCCCOC(=O)c1cc(N)cn1C. The summed E-state index contributed by atoms with van der Waals surface area (Å²) in [6.07, 6.45) is 7.45. The number of unbranched alkanes of at least 4 members (excludes halogenated alkanes) is 4. The quantitative estimate of drug-likeness (QED) is 0.587. The summed E-state index contributed by atoms with van der Waals surface area (Å²) in [7, 11) is 1.79. The average Bonchev–Trinajstić information content (AvgIpc) is 2.62. The van der Waals surface area contributed by atoms with Gasteiger partial charge in [0.25, 0.3) is 0 Å². The number of aryl methyl sites for hydroxylation is 1. The van der Waals surface area contributed by atoms with Crippen molar-refractivity contribution in [2.24, 2.45) is 7.05 Å². The van der Waals surface area contributed by atoms with E-state index >= 15 is 0 Å². The average molecular weight is 238 g/mol. The van der Waals surface area contributed by atoms with E-state index in [0.717, 1.165) is 12.8 Å². The Balaban J connectivity index is 2.23. The van der Waals surface area contributed by atoms with Crippen molar-refractivity contribution in [3.05, 3.63) is 18.0 Å². The lowest BCUT2D eigenvalue weighted by atomic mass is 10.2. The molecule has 0 saturated carbocycles. The standard InChI is InChI=1S/C13H22N2O2/c1-3-4-5-6-7-8-17-13(16)12-9-11(14)10-15(12)2/h9-10H,3-8,14H2,1-2H3. The van der Waals surface area contributed by atoms with Crippen molar-refractivity contribution in [2.75, 3.05) is 12.3 Å². The number of nitrogen functional groups attached to an aromatic ring is 1. The fourth-order valence-electron chi connectivity index (χ4n) is 1.74. The number of anilines is 1. The lowest BCUT2D eigenvalue weighted by Gasteiger charge is -2.05. The van der Waals surface area contributed by atoms with Gasteiger partial charge in [0.05, 0.1) is 12.3 Å².